The Morgan fingerprint density at radius 2 is 2.04 bits per heavy atom. The Labute approximate surface area is 160 Å². The number of fused-ring (bicyclic) bond motifs is 1. The summed E-state index contributed by atoms with van der Waals surface area (Å²) in [5, 5.41) is 11.3. The summed E-state index contributed by atoms with van der Waals surface area (Å²) in [6.07, 6.45) is 0. The summed E-state index contributed by atoms with van der Waals surface area (Å²) in [5.74, 6) is 1.59. The maximum absolute atomic E-state index is 6.15. The molecule has 0 fully saturated rings. The molecule has 4 aromatic rings. The number of hydrogen-bond donors (Lipinski definition) is 1. The molecule has 0 saturated carbocycles. The number of nitrogens with zero attached hydrogens (tertiary/aromatic N) is 1. The van der Waals surface area contributed by atoms with Crippen molar-refractivity contribution in [3.8, 4) is 17.1 Å². The van der Waals surface area contributed by atoms with Crippen molar-refractivity contribution >= 4 is 33.2 Å². The van der Waals surface area contributed by atoms with Crippen molar-refractivity contribution in [3.05, 3.63) is 70.6 Å². The number of halogens is 1. The molecule has 1 N–H and O–H groups in total. The number of ether oxygens (including phenoxy) is 1. The molecule has 0 aliphatic carbocycles. The van der Waals surface area contributed by atoms with Crippen LogP contribution in [0.15, 0.2) is 64.5 Å². The molecule has 132 valence electrons. The minimum Gasteiger partial charge on any atom is -0.492 e. The van der Waals surface area contributed by atoms with E-state index in [1.165, 1.54) is 0 Å². The third-order valence-corrected chi connectivity index (χ3v) is 5.18. The smallest absolute Gasteiger partial charge is 0.175 e. The van der Waals surface area contributed by atoms with Gasteiger partial charge < -0.3 is 14.6 Å². The van der Waals surface area contributed by atoms with Gasteiger partial charge in [0.15, 0.2) is 10.6 Å². The van der Waals surface area contributed by atoms with E-state index in [9.17, 15) is 0 Å². The van der Waals surface area contributed by atoms with E-state index in [-0.39, 0.29) is 0 Å². The summed E-state index contributed by atoms with van der Waals surface area (Å²) in [4.78, 5) is 0.912. The number of nitrogens with one attached hydrogen (secondary N) is 1. The van der Waals surface area contributed by atoms with Gasteiger partial charge in [0.2, 0.25) is 0 Å². The maximum Gasteiger partial charge on any atom is 0.175 e. The molecule has 2 aromatic heterocycles. The van der Waals surface area contributed by atoms with Gasteiger partial charge in [-0.05, 0) is 35.2 Å². The van der Waals surface area contributed by atoms with Gasteiger partial charge in [-0.25, -0.2) is 0 Å². The first kappa shape index (κ1) is 17.1. The van der Waals surface area contributed by atoms with Crippen LogP contribution in [0.3, 0.4) is 0 Å². The van der Waals surface area contributed by atoms with Crippen LogP contribution in [0.5, 0.6) is 5.75 Å². The molecule has 0 spiro atoms. The summed E-state index contributed by atoms with van der Waals surface area (Å²) in [5.41, 5.74) is 2.05. The quantitative estimate of drug-likeness (QED) is 0.434. The lowest BCUT2D eigenvalue weighted by atomic mass is 10.1. The van der Waals surface area contributed by atoms with Gasteiger partial charge in [0.1, 0.15) is 12.4 Å². The summed E-state index contributed by atoms with van der Waals surface area (Å²) in [6.45, 7) is 2.02. The minimum absolute atomic E-state index is 0.568. The van der Waals surface area contributed by atoms with E-state index < -0.39 is 0 Å². The van der Waals surface area contributed by atoms with Crippen LogP contribution in [0.25, 0.3) is 21.5 Å². The molecule has 0 saturated heterocycles. The van der Waals surface area contributed by atoms with Crippen molar-refractivity contribution in [1.29, 1.82) is 0 Å². The second-order valence-electron chi connectivity index (χ2n) is 5.80. The fourth-order valence-corrected chi connectivity index (χ4v) is 3.63. The molecule has 0 aliphatic heterocycles. The van der Waals surface area contributed by atoms with Gasteiger partial charge in [-0.15, -0.1) is 11.3 Å². The van der Waals surface area contributed by atoms with Crippen molar-refractivity contribution in [2.45, 2.75) is 6.54 Å². The van der Waals surface area contributed by atoms with Gasteiger partial charge in [-0.1, -0.05) is 47.1 Å². The largest absolute Gasteiger partial charge is 0.492 e. The van der Waals surface area contributed by atoms with E-state index in [0.717, 1.165) is 51.0 Å². The Bertz CT molecular complexity index is 1010. The van der Waals surface area contributed by atoms with Crippen LogP contribution in [0.4, 0.5) is 0 Å². The molecule has 0 aliphatic rings. The van der Waals surface area contributed by atoms with Crippen molar-refractivity contribution in [3.63, 3.8) is 0 Å². The molecule has 2 heterocycles. The van der Waals surface area contributed by atoms with Gasteiger partial charge in [-0.2, -0.15) is 0 Å². The fraction of sp³-hybridized carbons (Fsp3) is 0.150. The Kier molecular flexibility index (Phi) is 5.20. The van der Waals surface area contributed by atoms with Crippen molar-refractivity contribution in [2.24, 2.45) is 0 Å². The minimum atomic E-state index is 0.568. The van der Waals surface area contributed by atoms with E-state index in [0.29, 0.717) is 6.61 Å². The average molecular weight is 385 g/mol. The van der Waals surface area contributed by atoms with E-state index in [2.05, 4.69) is 10.5 Å². The van der Waals surface area contributed by atoms with E-state index in [1.54, 1.807) is 11.3 Å². The van der Waals surface area contributed by atoms with Crippen molar-refractivity contribution in [2.75, 3.05) is 13.2 Å². The molecular weight excluding hydrogens is 368 g/mol. The number of thiophene rings is 1. The first-order valence-corrected chi connectivity index (χ1v) is 9.57. The highest BCUT2D eigenvalue weighted by atomic mass is 35.5. The zero-order valence-corrected chi connectivity index (χ0v) is 15.5. The lowest BCUT2D eigenvalue weighted by Crippen LogP contribution is -2.20. The second kappa shape index (κ2) is 7.91. The fourth-order valence-electron chi connectivity index (χ4n) is 2.72. The lowest BCUT2D eigenvalue weighted by Gasteiger charge is -2.09. The van der Waals surface area contributed by atoms with Gasteiger partial charge >= 0.3 is 0 Å². The van der Waals surface area contributed by atoms with Crippen LogP contribution < -0.4 is 10.1 Å². The van der Waals surface area contributed by atoms with Crippen molar-refractivity contribution < 1.29 is 9.26 Å². The number of benzene rings is 2. The van der Waals surface area contributed by atoms with Crippen LogP contribution in [0.2, 0.25) is 5.02 Å². The SMILES string of the molecule is Clc1ccccc1CNCCOc1cccc(-c2onc3sccc23)c1. The van der Waals surface area contributed by atoms with Gasteiger partial charge in [0, 0.05) is 23.7 Å². The summed E-state index contributed by atoms with van der Waals surface area (Å²) < 4.78 is 11.3. The monoisotopic (exact) mass is 384 g/mol. The van der Waals surface area contributed by atoms with Crippen molar-refractivity contribution in [1.82, 2.24) is 10.5 Å². The van der Waals surface area contributed by atoms with E-state index >= 15 is 0 Å². The molecule has 2 aromatic carbocycles. The van der Waals surface area contributed by atoms with Gasteiger partial charge in [-0.3, -0.25) is 0 Å². The summed E-state index contributed by atoms with van der Waals surface area (Å²) >= 11 is 7.72. The summed E-state index contributed by atoms with van der Waals surface area (Å²) in [6, 6.07) is 17.7. The predicted molar refractivity (Wildman–Crippen MR) is 106 cm³/mol. The third kappa shape index (κ3) is 3.75. The second-order valence-corrected chi connectivity index (χ2v) is 7.10. The van der Waals surface area contributed by atoms with Gasteiger partial charge in [0.05, 0.1) is 5.39 Å². The van der Waals surface area contributed by atoms with Crippen LogP contribution in [-0.2, 0) is 6.54 Å². The Morgan fingerprint density at radius 3 is 2.96 bits per heavy atom. The maximum atomic E-state index is 6.15. The van der Waals surface area contributed by atoms with E-state index in [1.807, 2.05) is 60.0 Å². The highest BCUT2D eigenvalue weighted by molar-refractivity contribution is 7.16. The molecule has 6 heteroatoms. The molecule has 4 nitrogen and oxygen atoms in total. The zero-order chi connectivity index (χ0) is 17.8. The van der Waals surface area contributed by atoms with Crippen LogP contribution in [0.1, 0.15) is 5.56 Å². The van der Waals surface area contributed by atoms with E-state index in [4.69, 9.17) is 20.9 Å². The topological polar surface area (TPSA) is 47.3 Å². The molecule has 26 heavy (non-hydrogen) atoms. The predicted octanol–water partition coefficient (Wildman–Crippen LogP) is 5.38. The third-order valence-electron chi connectivity index (χ3n) is 4.03. The Hall–Kier alpha value is -2.34. The molecule has 0 unspecified atom stereocenters. The lowest BCUT2D eigenvalue weighted by molar-refractivity contribution is 0.313. The number of hydrogen-bond acceptors (Lipinski definition) is 5. The molecule has 4 rings (SSSR count). The normalized spacial score (nSPS) is 11.1. The summed E-state index contributed by atoms with van der Waals surface area (Å²) in [7, 11) is 0. The Balaban J connectivity index is 1.33. The van der Waals surface area contributed by atoms with Gasteiger partial charge in [0.25, 0.3) is 0 Å². The van der Waals surface area contributed by atoms with Crippen LogP contribution >= 0.6 is 22.9 Å². The highest BCUT2D eigenvalue weighted by Gasteiger charge is 2.12. The highest BCUT2D eigenvalue weighted by Crippen LogP contribution is 2.33. The first-order valence-electron chi connectivity index (χ1n) is 8.31. The average Bonchev–Trinajstić information content (AvgIpc) is 3.27. The molecule has 0 atom stereocenters. The molecular formula is C20H17ClN2O2S. The first-order chi connectivity index (χ1) is 12.8. The zero-order valence-electron chi connectivity index (χ0n) is 13.9. The van der Waals surface area contributed by atoms with Crippen LogP contribution in [0, 0.1) is 0 Å². The molecule has 0 bridgehead atoms. The Morgan fingerprint density at radius 1 is 1.12 bits per heavy atom. The number of rotatable bonds is 7. The standard InChI is InChI=1S/C20H17ClN2O2S/c21-18-7-2-1-4-15(18)13-22-9-10-24-16-6-3-5-14(12-16)19-17-8-11-26-20(17)23-25-19/h1-8,11-12,22H,9-10,13H2. The van der Waals surface area contributed by atoms with Crippen LogP contribution in [-0.4, -0.2) is 18.3 Å². The molecule has 0 radical (unpaired) electrons. The molecule has 0 amide bonds. The number of aromatic nitrogens is 1.